The monoisotopic (exact) mass is 226 g/mol. The zero-order valence-corrected chi connectivity index (χ0v) is 9.56. The Kier molecular flexibility index (Phi) is 3.16. The summed E-state index contributed by atoms with van der Waals surface area (Å²) in [5, 5.41) is 17.6. The Balaban J connectivity index is 2.24. The summed E-state index contributed by atoms with van der Waals surface area (Å²) in [6.45, 7) is 0.718. The van der Waals surface area contributed by atoms with Gasteiger partial charge in [-0.2, -0.15) is 10.5 Å². The molecule has 0 spiro atoms. The molecule has 0 heterocycles. The summed E-state index contributed by atoms with van der Waals surface area (Å²) in [5.74, 6) is 0. The first-order chi connectivity index (χ1) is 8.26. The molecular formula is C13H14N4. The molecule has 4 heteroatoms. The highest BCUT2D eigenvalue weighted by atomic mass is 15.2. The predicted molar refractivity (Wildman–Crippen MR) is 66.2 cm³/mol. The SMILES string of the molecule is N#CCCN(c1ccc(N)c(C#N)c1)C1CC1. The molecule has 86 valence electrons. The van der Waals surface area contributed by atoms with E-state index >= 15 is 0 Å². The van der Waals surface area contributed by atoms with Gasteiger partial charge in [-0.3, -0.25) is 0 Å². The molecule has 0 aliphatic heterocycles. The van der Waals surface area contributed by atoms with Crippen molar-refractivity contribution in [2.75, 3.05) is 17.2 Å². The van der Waals surface area contributed by atoms with E-state index in [-0.39, 0.29) is 0 Å². The highest BCUT2D eigenvalue weighted by molar-refractivity contribution is 5.63. The topological polar surface area (TPSA) is 76.8 Å². The molecule has 0 unspecified atom stereocenters. The maximum absolute atomic E-state index is 8.95. The third-order valence-electron chi connectivity index (χ3n) is 2.94. The van der Waals surface area contributed by atoms with Crippen LogP contribution in [0.3, 0.4) is 0 Å². The number of anilines is 2. The second kappa shape index (κ2) is 4.76. The van der Waals surface area contributed by atoms with E-state index < -0.39 is 0 Å². The summed E-state index contributed by atoms with van der Waals surface area (Å²) in [7, 11) is 0. The normalized spacial score (nSPS) is 13.8. The van der Waals surface area contributed by atoms with Crippen molar-refractivity contribution < 1.29 is 0 Å². The number of nitriles is 2. The van der Waals surface area contributed by atoms with E-state index in [1.54, 1.807) is 6.07 Å². The molecule has 1 aromatic carbocycles. The molecule has 0 amide bonds. The van der Waals surface area contributed by atoms with E-state index in [1.165, 1.54) is 0 Å². The van der Waals surface area contributed by atoms with Crippen molar-refractivity contribution in [1.29, 1.82) is 10.5 Å². The lowest BCUT2D eigenvalue weighted by atomic mass is 10.1. The first kappa shape index (κ1) is 11.3. The van der Waals surface area contributed by atoms with E-state index in [9.17, 15) is 0 Å². The Labute approximate surface area is 101 Å². The lowest BCUT2D eigenvalue weighted by molar-refractivity contribution is 0.793. The molecule has 1 saturated carbocycles. The lowest BCUT2D eigenvalue weighted by Crippen LogP contribution is -2.26. The van der Waals surface area contributed by atoms with Crippen LogP contribution in [0.15, 0.2) is 18.2 Å². The Hall–Kier alpha value is -2.20. The van der Waals surface area contributed by atoms with Crippen LogP contribution in [0.1, 0.15) is 24.8 Å². The minimum absolute atomic E-state index is 0.503. The van der Waals surface area contributed by atoms with Gasteiger partial charge in [0.2, 0.25) is 0 Å². The van der Waals surface area contributed by atoms with Gasteiger partial charge in [-0.1, -0.05) is 0 Å². The van der Waals surface area contributed by atoms with Crippen LogP contribution in [0.2, 0.25) is 0 Å². The molecule has 0 aromatic heterocycles. The molecule has 1 aliphatic rings. The Morgan fingerprint density at radius 3 is 2.71 bits per heavy atom. The van der Waals surface area contributed by atoms with Crippen molar-refractivity contribution in [1.82, 2.24) is 0 Å². The van der Waals surface area contributed by atoms with Gasteiger partial charge in [-0.25, -0.2) is 0 Å². The van der Waals surface area contributed by atoms with Crippen LogP contribution < -0.4 is 10.6 Å². The predicted octanol–water partition coefficient (Wildman–Crippen LogP) is 2.02. The number of benzene rings is 1. The molecule has 1 aromatic rings. The highest BCUT2D eigenvalue weighted by Crippen LogP contribution is 2.32. The molecule has 17 heavy (non-hydrogen) atoms. The maximum Gasteiger partial charge on any atom is 0.101 e. The number of nitrogens with two attached hydrogens (primary N) is 1. The molecule has 2 N–H and O–H groups in total. The molecule has 0 radical (unpaired) electrons. The van der Waals surface area contributed by atoms with E-state index in [2.05, 4.69) is 17.0 Å². The minimum Gasteiger partial charge on any atom is -0.398 e. The standard InChI is InChI=1S/C13H14N4/c14-6-1-7-17(11-2-3-11)12-4-5-13(16)10(8-12)9-15/h4-5,8,11H,1-3,7,16H2. The molecule has 1 fully saturated rings. The zero-order valence-electron chi connectivity index (χ0n) is 9.56. The Morgan fingerprint density at radius 2 is 2.12 bits per heavy atom. The smallest absolute Gasteiger partial charge is 0.101 e. The van der Waals surface area contributed by atoms with Crippen LogP contribution in [0, 0.1) is 22.7 Å². The van der Waals surface area contributed by atoms with Gasteiger partial charge in [0.05, 0.1) is 18.1 Å². The first-order valence-corrected chi connectivity index (χ1v) is 5.69. The molecule has 2 rings (SSSR count). The second-order valence-corrected chi connectivity index (χ2v) is 4.22. The van der Waals surface area contributed by atoms with Crippen LogP contribution in [0.5, 0.6) is 0 Å². The Bertz CT molecular complexity index is 491. The molecule has 0 saturated heterocycles. The summed E-state index contributed by atoms with van der Waals surface area (Å²) in [6, 6.07) is 10.3. The van der Waals surface area contributed by atoms with Crippen LogP contribution in [0.25, 0.3) is 0 Å². The lowest BCUT2D eigenvalue weighted by Gasteiger charge is -2.23. The number of rotatable bonds is 4. The summed E-state index contributed by atoms with van der Waals surface area (Å²) < 4.78 is 0. The zero-order chi connectivity index (χ0) is 12.3. The van der Waals surface area contributed by atoms with Crippen molar-refractivity contribution in [3.63, 3.8) is 0 Å². The van der Waals surface area contributed by atoms with Gasteiger partial charge in [-0.15, -0.1) is 0 Å². The van der Waals surface area contributed by atoms with Gasteiger partial charge in [0, 0.05) is 24.0 Å². The van der Waals surface area contributed by atoms with Crippen molar-refractivity contribution >= 4 is 11.4 Å². The first-order valence-electron chi connectivity index (χ1n) is 5.69. The third-order valence-corrected chi connectivity index (χ3v) is 2.94. The van der Waals surface area contributed by atoms with Gasteiger partial charge in [-0.05, 0) is 31.0 Å². The van der Waals surface area contributed by atoms with Gasteiger partial charge in [0.15, 0.2) is 0 Å². The van der Waals surface area contributed by atoms with Crippen LogP contribution in [0.4, 0.5) is 11.4 Å². The minimum atomic E-state index is 0.503. The number of nitrogen functional groups attached to an aromatic ring is 1. The molecule has 4 nitrogen and oxygen atoms in total. The average molecular weight is 226 g/mol. The van der Waals surface area contributed by atoms with Crippen LogP contribution in [-0.2, 0) is 0 Å². The summed E-state index contributed by atoms with van der Waals surface area (Å²) >= 11 is 0. The van der Waals surface area contributed by atoms with E-state index in [1.807, 2.05) is 12.1 Å². The second-order valence-electron chi connectivity index (χ2n) is 4.22. The molecule has 0 atom stereocenters. The number of hydrogen-bond donors (Lipinski definition) is 1. The van der Waals surface area contributed by atoms with Crippen molar-refractivity contribution in [2.24, 2.45) is 0 Å². The van der Waals surface area contributed by atoms with Crippen LogP contribution in [-0.4, -0.2) is 12.6 Å². The van der Waals surface area contributed by atoms with E-state index in [0.29, 0.717) is 23.7 Å². The third kappa shape index (κ3) is 2.49. The largest absolute Gasteiger partial charge is 0.398 e. The summed E-state index contributed by atoms with van der Waals surface area (Å²) in [5.41, 5.74) is 7.70. The number of hydrogen-bond acceptors (Lipinski definition) is 4. The molecule has 0 bridgehead atoms. The van der Waals surface area contributed by atoms with Crippen LogP contribution >= 0.6 is 0 Å². The van der Waals surface area contributed by atoms with Gasteiger partial charge in [0.1, 0.15) is 6.07 Å². The summed E-state index contributed by atoms with van der Waals surface area (Å²) in [4.78, 5) is 2.20. The quantitative estimate of drug-likeness (QED) is 0.797. The maximum atomic E-state index is 8.95. The van der Waals surface area contributed by atoms with E-state index in [0.717, 1.165) is 25.1 Å². The summed E-state index contributed by atoms with van der Waals surface area (Å²) in [6.07, 6.45) is 2.83. The average Bonchev–Trinajstić information content (AvgIpc) is 3.16. The highest BCUT2D eigenvalue weighted by Gasteiger charge is 2.29. The van der Waals surface area contributed by atoms with Gasteiger partial charge < -0.3 is 10.6 Å². The number of nitrogens with zero attached hydrogens (tertiary/aromatic N) is 3. The van der Waals surface area contributed by atoms with Crippen molar-refractivity contribution in [2.45, 2.75) is 25.3 Å². The van der Waals surface area contributed by atoms with Crippen molar-refractivity contribution in [3.8, 4) is 12.1 Å². The fourth-order valence-corrected chi connectivity index (χ4v) is 1.90. The van der Waals surface area contributed by atoms with Crippen molar-refractivity contribution in [3.05, 3.63) is 23.8 Å². The fraction of sp³-hybridized carbons (Fsp3) is 0.385. The fourth-order valence-electron chi connectivity index (χ4n) is 1.90. The Morgan fingerprint density at radius 1 is 1.35 bits per heavy atom. The molecule has 1 aliphatic carbocycles. The van der Waals surface area contributed by atoms with Gasteiger partial charge >= 0.3 is 0 Å². The van der Waals surface area contributed by atoms with Gasteiger partial charge in [0.25, 0.3) is 0 Å². The molecular weight excluding hydrogens is 212 g/mol. The van der Waals surface area contributed by atoms with E-state index in [4.69, 9.17) is 16.3 Å².